The minimum Gasteiger partial charge on any atom is -0.399 e. The summed E-state index contributed by atoms with van der Waals surface area (Å²) in [6, 6.07) is 7.21. The summed E-state index contributed by atoms with van der Waals surface area (Å²) in [4.78, 5) is -0.596. The van der Waals surface area contributed by atoms with Gasteiger partial charge in [-0.15, -0.1) is 0 Å². The number of hydrogen-bond donors (Lipinski definition) is 2. The van der Waals surface area contributed by atoms with E-state index in [1.807, 2.05) is 0 Å². The van der Waals surface area contributed by atoms with Crippen molar-refractivity contribution in [2.45, 2.75) is 11.8 Å². The topological polar surface area (TPSA) is 72.2 Å². The third-order valence-corrected chi connectivity index (χ3v) is 5.44. The number of benzene rings is 2. The van der Waals surface area contributed by atoms with E-state index >= 15 is 0 Å². The van der Waals surface area contributed by atoms with Crippen molar-refractivity contribution in [1.29, 1.82) is 0 Å². The fourth-order valence-corrected chi connectivity index (χ4v) is 3.69. The Morgan fingerprint density at radius 1 is 1.33 bits per heavy atom. The van der Waals surface area contributed by atoms with Gasteiger partial charge in [0.25, 0.3) is 10.0 Å². The molecule has 0 aliphatic rings. The fourth-order valence-electron chi connectivity index (χ4n) is 1.71. The first-order valence-corrected chi connectivity index (χ1v) is 8.40. The second-order valence-electron chi connectivity index (χ2n) is 4.36. The van der Waals surface area contributed by atoms with Crippen LogP contribution in [-0.4, -0.2) is 8.42 Å². The molecular weight excluding hydrogens is 383 g/mol. The first kappa shape index (κ1) is 16.1. The van der Waals surface area contributed by atoms with Crippen molar-refractivity contribution in [3.8, 4) is 0 Å². The minimum atomic E-state index is -4.15. The summed E-state index contributed by atoms with van der Waals surface area (Å²) >= 11 is 8.91. The van der Waals surface area contributed by atoms with Crippen LogP contribution in [-0.2, 0) is 10.0 Å². The second kappa shape index (κ2) is 5.82. The van der Waals surface area contributed by atoms with Gasteiger partial charge in [0, 0.05) is 10.2 Å². The van der Waals surface area contributed by atoms with E-state index in [9.17, 15) is 12.8 Å². The SMILES string of the molecule is Cc1cccc(NS(=O)(=O)c2cc(N)cc(Cl)c2F)c1Br. The quantitative estimate of drug-likeness (QED) is 0.776. The molecule has 0 radical (unpaired) electrons. The van der Waals surface area contributed by atoms with Crippen LogP contribution in [0.25, 0.3) is 0 Å². The van der Waals surface area contributed by atoms with Crippen LogP contribution in [0.2, 0.25) is 5.02 Å². The summed E-state index contributed by atoms with van der Waals surface area (Å²) in [5.74, 6) is -1.04. The summed E-state index contributed by atoms with van der Waals surface area (Å²) in [5, 5.41) is -0.348. The maximum Gasteiger partial charge on any atom is 0.264 e. The number of nitrogens with two attached hydrogens (primary N) is 1. The second-order valence-corrected chi connectivity index (χ2v) is 7.21. The van der Waals surface area contributed by atoms with Gasteiger partial charge in [-0.2, -0.15) is 0 Å². The van der Waals surface area contributed by atoms with Crippen LogP contribution < -0.4 is 10.5 Å². The van der Waals surface area contributed by atoms with Gasteiger partial charge in [0.1, 0.15) is 4.90 Å². The fraction of sp³-hybridized carbons (Fsp3) is 0.0769. The van der Waals surface area contributed by atoms with Crippen LogP contribution in [0.15, 0.2) is 39.7 Å². The summed E-state index contributed by atoms with van der Waals surface area (Å²) in [5.41, 5.74) is 6.71. The van der Waals surface area contributed by atoms with Gasteiger partial charge < -0.3 is 5.73 Å². The lowest BCUT2D eigenvalue weighted by molar-refractivity contribution is 0.571. The Labute approximate surface area is 135 Å². The summed E-state index contributed by atoms with van der Waals surface area (Å²) in [6.07, 6.45) is 0. The molecule has 0 aliphatic heterocycles. The van der Waals surface area contributed by atoms with Crippen LogP contribution in [0, 0.1) is 12.7 Å². The number of nitrogens with one attached hydrogen (secondary N) is 1. The molecule has 3 N–H and O–H groups in total. The van der Waals surface area contributed by atoms with Gasteiger partial charge in [-0.3, -0.25) is 4.72 Å². The highest BCUT2D eigenvalue weighted by atomic mass is 79.9. The average Bonchev–Trinajstić information content (AvgIpc) is 2.39. The molecular formula is C13H11BrClFN2O2S. The largest absolute Gasteiger partial charge is 0.399 e. The Bertz CT molecular complexity index is 812. The molecule has 0 saturated carbocycles. The van der Waals surface area contributed by atoms with Gasteiger partial charge >= 0.3 is 0 Å². The van der Waals surface area contributed by atoms with Crippen molar-refractivity contribution in [3.05, 3.63) is 51.2 Å². The minimum absolute atomic E-state index is 0.0603. The Morgan fingerprint density at radius 3 is 2.67 bits per heavy atom. The number of anilines is 2. The molecule has 0 fully saturated rings. The zero-order valence-corrected chi connectivity index (χ0v) is 14.0. The molecule has 0 aromatic heterocycles. The van der Waals surface area contributed by atoms with Gasteiger partial charge in [-0.1, -0.05) is 23.7 Å². The number of sulfonamides is 1. The average molecular weight is 394 g/mol. The molecule has 0 saturated heterocycles. The number of nitrogen functional groups attached to an aromatic ring is 1. The monoisotopic (exact) mass is 392 g/mol. The molecule has 4 nitrogen and oxygen atoms in total. The molecule has 2 aromatic carbocycles. The molecule has 2 aromatic rings. The highest BCUT2D eigenvalue weighted by molar-refractivity contribution is 9.10. The van der Waals surface area contributed by atoms with Crippen LogP contribution in [0.5, 0.6) is 0 Å². The molecule has 112 valence electrons. The number of aryl methyl sites for hydroxylation is 1. The van der Waals surface area contributed by atoms with Crippen LogP contribution in [0.4, 0.5) is 15.8 Å². The van der Waals surface area contributed by atoms with E-state index < -0.39 is 20.7 Å². The lowest BCUT2D eigenvalue weighted by Gasteiger charge is -2.12. The van der Waals surface area contributed by atoms with Crippen LogP contribution >= 0.6 is 27.5 Å². The molecule has 0 spiro atoms. The molecule has 8 heteroatoms. The van der Waals surface area contributed by atoms with Crippen molar-refractivity contribution < 1.29 is 12.8 Å². The predicted octanol–water partition coefficient (Wildman–Crippen LogP) is 3.93. The Kier molecular flexibility index (Phi) is 4.46. The van der Waals surface area contributed by atoms with E-state index in [4.69, 9.17) is 17.3 Å². The van der Waals surface area contributed by atoms with Crippen LogP contribution in [0.1, 0.15) is 5.56 Å². The molecule has 2 rings (SSSR count). The number of halogens is 3. The molecule has 0 amide bonds. The highest BCUT2D eigenvalue weighted by Crippen LogP contribution is 2.30. The Morgan fingerprint density at radius 2 is 2.00 bits per heavy atom. The predicted molar refractivity (Wildman–Crippen MR) is 85.5 cm³/mol. The molecule has 21 heavy (non-hydrogen) atoms. The van der Waals surface area contributed by atoms with Crippen molar-refractivity contribution in [2.75, 3.05) is 10.5 Å². The maximum atomic E-state index is 13.9. The summed E-state index contributed by atoms with van der Waals surface area (Å²) < 4.78 is 41.4. The van der Waals surface area contributed by atoms with Gasteiger partial charge in [-0.05, 0) is 46.6 Å². The van der Waals surface area contributed by atoms with Gasteiger partial charge in [0.15, 0.2) is 5.82 Å². The highest BCUT2D eigenvalue weighted by Gasteiger charge is 2.23. The smallest absolute Gasteiger partial charge is 0.264 e. The Hall–Kier alpha value is -1.31. The molecule has 0 heterocycles. The summed E-state index contributed by atoms with van der Waals surface area (Å²) in [6.45, 7) is 1.81. The number of rotatable bonds is 3. The Balaban J connectivity index is 2.51. The van der Waals surface area contributed by atoms with Crippen molar-refractivity contribution >= 4 is 48.9 Å². The van der Waals surface area contributed by atoms with E-state index in [-0.39, 0.29) is 10.7 Å². The van der Waals surface area contributed by atoms with Gasteiger partial charge in [0.05, 0.1) is 10.7 Å². The van der Waals surface area contributed by atoms with Crippen LogP contribution in [0.3, 0.4) is 0 Å². The standard InChI is InChI=1S/C13H11BrClFN2O2S/c1-7-3-2-4-10(12(7)14)18-21(19,20)11-6-8(17)5-9(15)13(11)16/h2-6,18H,17H2,1H3. The zero-order chi connectivity index (χ0) is 15.8. The van der Waals surface area contributed by atoms with Crippen molar-refractivity contribution in [3.63, 3.8) is 0 Å². The van der Waals surface area contributed by atoms with Crippen molar-refractivity contribution in [1.82, 2.24) is 0 Å². The molecule has 0 bridgehead atoms. The first-order chi connectivity index (χ1) is 9.72. The van der Waals surface area contributed by atoms with E-state index in [1.54, 1.807) is 25.1 Å². The first-order valence-electron chi connectivity index (χ1n) is 5.75. The van der Waals surface area contributed by atoms with Gasteiger partial charge in [0.2, 0.25) is 0 Å². The van der Waals surface area contributed by atoms with E-state index in [2.05, 4.69) is 20.7 Å². The van der Waals surface area contributed by atoms with E-state index in [0.717, 1.165) is 17.7 Å². The maximum absolute atomic E-state index is 13.9. The summed E-state index contributed by atoms with van der Waals surface area (Å²) in [7, 11) is -4.15. The normalized spacial score (nSPS) is 11.4. The third-order valence-electron chi connectivity index (χ3n) is 2.74. The lowest BCUT2D eigenvalue weighted by atomic mass is 10.2. The van der Waals surface area contributed by atoms with Gasteiger partial charge in [-0.25, -0.2) is 12.8 Å². The lowest BCUT2D eigenvalue weighted by Crippen LogP contribution is -2.15. The van der Waals surface area contributed by atoms with E-state index in [0.29, 0.717) is 10.2 Å². The zero-order valence-electron chi connectivity index (χ0n) is 10.8. The molecule has 0 unspecified atom stereocenters. The van der Waals surface area contributed by atoms with Crippen molar-refractivity contribution in [2.24, 2.45) is 0 Å². The molecule has 0 atom stereocenters. The van der Waals surface area contributed by atoms with E-state index in [1.165, 1.54) is 0 Å². The number of hydrogen-bond acceptors (Lipinski definition) is 3. The third kappa shape index (κ3) is 3.30. The molecule has 0 aliphatic carbocycles.